The Morgan fingerprint density at radius 3 is 2.55 bits per heavy atom. The van der Waals surface area contributed by atoms with Crippen molar-refractivity contribution < 1.29 is 9.59 Å². The first-order chi connectivity index (χ1) is 9.56. The largest absolute Gasteiger partial charge is 0.370 e. The summed E-state index contributed by atoms with van der Waals surface area (Å²) in [5, 5.41) is 2.66. The maximum Gasteiger partial charge on any atom is 0.241 e. The second-order valence-corrected chi connectivity index (χ2v) is 4.41. The molecule has 6 heteroatoms. The van der Waals surface area contributed by atoms with Crippen molar-refractivity contribution in [1.29, 1.82) is 0 Å². The molecule has 2 amide bonds. The third-order valence-corrected chi connectivity index (χ3v) is 2.77. The van der Waals surface area contributed by atoms with Gasteiger partial charge in [-0.15, -0.1) is 0 Å². The van der Waals surface area contributed by atoms with E-state index in [9.17, 15) is 9.59 Å². The standard InChI is InChI=1S/C14H16N4O2/c15-12(9-13(16)19)14(20)17-10-4-3-5-11(8-10)18-6-1-2-7-18/h1-8,12H,9,15H2,(H2,16,19)(H,17,20). The Balaban J connectivity index is 2.08. The van der Waals surface area contributed by atoms with E-state index < -0.39 is 17.9 Å². The lowest BCUT2D eigenvalue weighted by Crippen LogP contribution is -2.38. The van der Waals surface area contributed by atoms with E-state index in [4.69, 9.17) is 11.5 Å². The summed E-state index contributed by atoms with van der Waals surface area (Å²) >= 11 is 0. The Bertz CT molecular complexity index is 607. The highest BCUT2D eigenvalue weighted by Gasteiger charge is 2.16. The highest BCUT2D eigenvalue weighted by Crippen LogP contribution is 2.15. The molecule has 0 aliphatic carbocycles. The van der Waals surface area contributed by atoms with Gasteiger partial charge in [0.25, 0.3) is 0 Å². The third-order valence-electron chi connectivity index (χ3n) is 2.77. The molecular formula is C14H16N4O2. The fourth-order valence-corrected chi connectivity index (χ4v) is 1.80. The number of amides is 2. The number of nitrogens with two attached hydrogens (primary N) is 2. The van der Waals surface area contributed by atoms with E-state index in [1.54, 1.807) is 6.07 Å². The van der Waals surface area contributed by atoms with Crippen LogP contribution in [0.3, 0.4) is 0 Å². The first-order valence-electron chi connectivity index (χ1n) is 6.14. The maximum absolute atomic E-state index is 11.8. The predicted octanol–water partition coefficient (Wildman–Crippen LogP) is 0.618. The quantitative estimate of drug-likeness (QED) is 0.743. The molecule has 0 saturated carbocycles. The van der Waals surface area contributed by atoms with Crippen molar-refractivity contribution >= 4 is 17.5 Å². The molecule has 1 aromatic heterocycles. The smallest absolute Gasteiger partial charge is 0.241 e. The van der Waals surface area contributed by atoms with E-state index in [0.717, 1.165) is 5.69 Å². The van der Waals surface area contributed by atoms with Gasteiger partial charge in [0.2, 0.25) is 11.8 Å². The molecule has 0 saturated heterocycles. The molecular weight excluding hydrogens is 256 g/mol. The third kappa shape index (κ3) is 3.46. The molecule has 0 aliphatic rings. The lowest BCUT2D eigenvalue weighted by atomic mass is 10.2. The van der Waals surface area contributed by atoms with Crippen LogP contribution >= 0.6 is 0 Å². The number of nitrogens with one attached hydrogen (secondary N) is 1. The molecule has 0 aliphatic heterocycles. The van der Waals surface area contributed by atoms with E-state index >= 15 is 0 Å². The van der Waals surface area contributed by atoms with Gasteiger partial charge in [0.1, 0.15) is 0 Å². The summed E-state index contributed by atoms with van der Waals surface area (Å²) in [6.45, 7) is 0. The van der Waals surface area contributed by atoms with Crippen LogP contribution in [0.2, 0.25) is 0 Å². The first kappa shape index (κ1) is 13.8. The van der Waals surface area contributed by atoms with Crippen LogP contribution in [-0.2, 0) is 9.59 Å². The van der Waals surface area contributed by atoms with Gasteiger partial charge < -0.3 is 21.4 Å². The van der Waals surface area contributed by atoms with Gasteiger partial charge in [-0.25, -0.2) is 0 Å². The lowest BCUT2D eigenvalue weighted by molar-refractivity contribution is -0.123. The number of primary amides is 1. The van der Waals surface area contributed by atoms with Crippen molar-refractivity contribution in [3.8, 4) is 5.69 Å². The minimum atomic E-state index is -0.942. The van der Waals surface area contributed by atoms with Crippen molar-refractivity contribution in [1.82, 2.24) is 4.57 Å². The van der Waals surface area contributed by atoms with E-state index in [0.29, 0.717) is 5.69 Å². The summed E-state index contributed by atoms with van der Waals surface area (Å²) < 4.78 is 1.92. The molecule has 104 valence electrons. The first-order valence-corrected chi connectivity index (χ1v) is 6.14. The van der Waals surface area contributed by atoms with Crippen molar-refractivity contribution in [3.05, 3.63) is 48.8 Å². The summed E-state index contributed by atoms with van der Waals surface area (Å²) in [6.07, 6.45) is 3.63. The molecule has 0 radical (unpaired) electrons. The fourth-order valence-electron chi connectivity index (χ4n) is 1.80. The Morgan fingerprint density at radius 2 is 1.90 bits per heavy atom. The van der Waals surface area contributed by atoms with Crippen LogP contribution in [0.25, 0.3) is 5.69 Å². The molecule has 1 atom stereocenters. The van der Waals surface area contributed by atoms with Gasteiger partial charge >= 0.3 is 0 Å². The minimum absolute atomic E-state index is 0.177. The minimum Gasteiger partial charge on any atom is -0.370 e. The fraction of sp³-hybridized carbons (Fsp3) is 0.143. The zero-order valence-electron chi connectivity index (χ0n) is 10.8. The number of rotatable bonds is 5. The van der Waals surface area contributed by atoms with Crippen LogP contribution in [0, 0.1) is 0 Å². The van der Waals surface area contributed by atoms with Crippen LogP contribution in [0.4, 0.5) is 5.69 Å². The molecule has 0 spiro atoms. The van der Waals surface area contributed by atoms with E-state index in [1.807, 2.05) is 47.3 Å². The second-order valence-electron chi connectivity index (χ2n) is 4.41. The number of carbonyl (C=O) groups is 2. The number of hydrogen-bond donors (Lipinski definition) is 3. The Labute approximate surface area is 116 Å². The van der Waals surface area contributed by atoms with Crippen molar-refractivity contribution in [2.45, 2.75) is 12.5 Å². The van der Waals surface area contributed by atoms with Gasteiger partial charge in [-0.05, 0) is 30.3 Å². The summed E-state index contributed by atoms with van der Waals surface area (Å²) in [5.74, 6) is -1.04. The molecule has 6 nitrogen and oxygen atoms in total. The van der Waals surface area contributed by atoms with Gasteiger partial charge in [0.05, 0.1) is 12.5 Å². The lowest BCUT2D eigenvalue weighted by Gasteiger charge is -2.12. The number of aromatic nitrogens is 1. The summed E-state index contributed by atoms with van der Waals surface area (Å²) in [7, 11) is 0. The zero-order valence-corrected chi connectivity index (χ0v) is 10.8. The average molecular weight is 272 g/mol. The Hall–Kier alpha value is -2.60. The zero-order chi connectivity index (χ0) is 14.5. The molecule has 2 rings (SSSR count). The highest BCUT2D eigenvalue weighted by molar-refractivity contribution is 5.97. The summed E-state index contributed by atoms with van der Waals surface area (Å²) in [4.78, 5) is 22.5. The van der Waals surface area contributed by atoms with Gasteiger partial charge in [-0.3, -0.25) is 9.59 Å². The molecule has 5 N–H and O–H groups in total. The van der Waals surface area contributed by atoms with Gasteiger partial charge in [0, 0.05) is 23.8 Å². The molecule has 1 heterocycles. The van der Waals surface area contributed by atoms with Crippen LogP contribution in [0.1, 0.15) is 6.42 Å². The molecule has 0 fully saturated rings. The van der Waals surface area contributed by atoms with E-state index in [-0.39, 0.29) is 6.42 Å². The SMILES string of the molecule is NC(=O)CC(N)C(=O)Nc1cccc(-n2cccc2)c1. The molecule has 1 unspecified atom stereocenters. The number of anilines is 1. The van der Waals surface area contributed by atoms with Crippen LogP contribution in [0.15, 0.2) is 48.8 Å². The van der Waals surface area contributed by atoms with Crippen LogP contribution < -0.4 is 16.8 Å². The van der Waals surface area contributed by atoms with E-state index in [2.05, 4.69) is 5.32 Å². The summed E-state index contributed by atoms with van der Waals surface area (Å²) in [6, 6.07) is 10.2. The average Bonchev–Trinajstić information content (AvgIpc) is 2.92. The van der Waals surface area contributed by atoms with Crippen LogP contribution in [0.5, 0.6) is 0 Å². The number of nitrogens with zero attached hydrogens (tertiary/aromatic N) is 1. The molecule has 1 aromatic carbocycles. The maximum atomic E-state index is 11.8. The second kappa shape index (κ2) is 6.03. The van der Waals surface area contributed by atoms with Gasteiger partial charge in [-0.1, -0.05) is 6.07 Å². The molecule has 0 bridgehead atoms. The Kier molecular flexibility index (Phi) is 4.17. The van der Waals surface area contributed by atoms with Crippen LogP contribution in [-0.4, -0.2) is 22.4 Å². The van der Waals surface area contributed by atoms with Gasteiger partial charge in [-0.2, -0.15) is 0 Å². The summed E-state index contributed by atoms with van der Waals surface area (Å²) in [5.41, 5.74) is 12.1. The molecule has 20 heavy (non-hydrogen) atoms. The molecule has 2 aromatic rings. The van der Waals surface area contributed by atoms with Crippen molar-refractivity contribution in [3.63, 3.8) is 0 Å². The number of benzene rings is 1. The van der Waals surface area contributed by atoms with Crippen molar-refractivity contribution in [2.24, 2.45) is 11.5 Å². The normalized spacial score (nSPS) is 11.8. The monoisotopic (exact) mass is 272 g/mol. The van der Waals surface area contributed by atoms with Gasteiger partial charge in [0.15, 0.2) is 0 Å². The highest BCUT2D eigenvalue weighted by atomic mass is 16.2. The number of hydrogen-bond acceptors (Lipinski definition) is 3. The predicted molar refractivity (Wildman–Crippen MR) is 76.2 cm³/mol. The number of carbonyl (C=O) groups excluding carboxylic acids is 2. The topological polar surface area (TPSA) is 103 Å². The Morgan fingerprint density at radius 1 is 1.20 bits per heavy atom. The van der Waals surface area contributed by atoms with Crippen molar-refractivity contribution in [2.75, 3.05) is 5.32 Å². The van der Waals surface area contributed by atoms with E-state index in [1.165, 1.54) is 0 Å².